The van der Waals surface area contributed by atoms with E-state index in [1.54, 1.807) is 0 Å². The smallest absolute Gasteiger partial charge is 0.392 e. The molecular weight excluding hydrogens is 503 g/mol. The Morgan fingerprint density at radius 1 is 1.16 bits per heavy atom. The second kappa shape index (κ2) is 8.66. The number of carbonyl (C=O) groups is 1. The van der Waals surface area contributed by atoms with Gasteiger partial charge in [0.25, 0.3) is 0 Å². The Balaban J connectivity index is 1.45. The van der Waals surface area contributed by atoms with E-state index in [-0.39, 0.29) is 29.5 Å². The minimum atomic E-state index is -4.24. The Labute approximate surface area is 216 Å². The molecule has 2 N–H and O–H groups in total. The van der Waals surface area contributed by atoms with E-state index in [1.807, 2.05) is 36.1 Å². The Kier molecular flexibility index (Phi) is 5.72. The summed E-state index contributed by atoms with van der Waals surface area (Å²) in [6.07, 6.45) is -0.731. The van der Waals surface area contributed by atoms with E-state index >= 15 is 8.78 Å². The minimum Gasteiger partial charge on any atom is -0.478 e. The van der Waals surface area contributed by atoms with E-state index in [4.69, 9.17) is 5.11 Å². The molecule has 0 radical (unpaired) electrons. The van der Waals surface area contributed by atoms with Gasteiger partial charge in [-0.05, 0) is 79.3 Å². The lowest BCUT2D eigenvalue weighted by Gasteiger charge is -2.48. The predicted molar refractivity (Wildman–Crippen MR) is 132 cm³/mol. The van der Waals surface area contributed by atoms with E-state index in [2.05, 4.69) is 4.98 Å². The number of alkyl halides is 3. The van der Waals surface area contributed by atoms with Gasteiger partial charge in [-0.2, -0.15) is 13.2 Å². The monoisotopic (exact) mass is 530 g/mol. The van der Waals surface area contributed by atoms with Gasteiger partial charge in [0.2, 0.25) is 0 Å². The number of para-hydroxylation sites is 1. The molecule has 1 aromatic heterocycles. The number of rotatable bonds is 5. The highest BCUT2D eigenvalue weighted by Gasteiger charge is 2.64. The van der Waals surface area contributed by atoms with Gasteiger partial charge >= 0.3 is 12.1 Å². The number of H-pyrrole nitrogens is 1. The maximum atomic E-state index is 15.7. The SMILES string of the molecule is C[C@@H]1Cc2c([nH]c3ccccc23)[C@@H](c2c(F)cc(/C=C/C(=O)O)cc2F)N1CC12CC(C1)C(C(F)(F)F)C2. The maximum Gasteiger partial charge on any atom is 0.392 e. The largest absolute Gasteiger partial charge is 0.478 e. The lowest BCUT2D eigenvalue weighted by atomic mass is 9.68. The van der Waals surface area contributed by atoms with E-state index < -0.39 is 41.2 Å². The molecule has 2 aromatic carbocycles. The molecule has 7 rings (SSSR count). The summed E-state index contributed by atoms with van der Waals surface area (Å²) in [7, 11) is 0. The predicted octanol–water partition coefficient (Wildman–Crippen LogP) is 6.86. The molecule has 200 valence electrons. The summed E-state index contributed by atoms with van der Waals surface area (Å²) in [5.41, 5.74) is 1.79. The molecule has 1 aliphatic heterocycles. The van der Waals surface area contributed by atoms with Crippen molar-refractivity contribution in [2.45, 2.75) is 50.9 Å². The van der Waals surface area contributed by atoms with Crippen LogP contribution in [0.5, 0.6) is 0 Å². The summed E-state index contributed by atoms with van der Waals surface area (Å²) in [5.74, 6) is -4.60. The summed E-state index contributed by atoms with van der Waals surface area (Å²) >= 11 is 0. The highest BCUT2D eigenvalue weighted by atomic mass is 19.4. The first-order chi connectivity index (χ1) is 18.0. The number of hydrogen-bond acceptors (Lipinski definition) is 2. The van der Waals surface area contributed by atoms with Crippen molar-refractivity contribution in [1.82, 2.24) is 9.88 Å². The number of aromatic amines is 1. The van der Waals surface area contributed by atoms with Crippen LogP contribution in [0, 0.1) is 28.9 Å². The first kappa shape index (κ1) is 25.1. The van der Waals surface area contributed by atoms with E-state index in [9.17, 15) is 18.0 Å². The molecule has 4 nitrogen and oxygen atoms in total. The Bertz CT molecular complexity index is 1430. The number of nitrogens with one attached hydrogen (secondary N) is 1. The zero-order valence-corrected chi connectivity index (χ0v) is 20.7. The molecule has 2 bridgehead atoms. The first-order valence-electron chi connectivity index (χ1n) is 12.8. The van der Waals surface area contributed by atoms with Crippen molar-refractivity contribution >= 4 is 22.9 Å². The van der Waals surface area contributed by atoms with Gasteiger partial charge in [0.05, 0.1) is 12.0 Å². The number of nitrogens with zero attached hydrogens (tertiary/aromatic N) is 1. The summed E-state index contributed by atoms with van der Waals surface area (Å²) in [6, 6.07) is 8.79. The van der Waals surface area contributed by atoms with Gasteiger partial charge in [0, 0.05) is 40.8 Å². The Morgan fingerprint density at radius 3 is 2.47 bits per heavy atom. The molecular formula is C29H27F5N2O2. The van der Waals surface area contributed by atoms with Gasteiger partial charge in [0.1, 0.15) is 11.6 Å². The standard InChI is InChI=1S/C29H27F5N2O2/c1-15-8-19-18-4-2-3-5-23(18)35-26(19)27(25-21(30)9-16(10-22(25)31)6-7-24(37)38)36(15)14-28-11-17(12-28)20(13-28)29(32,33)34/h2-7,9-10,15,17,20,27,35H,8,11-14H2,1H3,(H,37,38)/b7-6+/t15-,17?,20?,27-,28?/m1/s1. The van der Waals surface area contributed by atoms with Crippen molar-refractivity contribution in [2.24, 2.45) is 17.3 Å². The molecule has 3 aliphatic carbocycles. The van der Waals surface area contributed by atoms with Crippen LogP contribution in [0.25, 0.3) is 17.0 Å². The summed E-state index contributed by atoms with van der Waals surface area (Å²) in [5, 5.41) is 9.85. The fourth-order valence-corrected chi connectivity index (χ4v) is 7.29. The van der Waals surface area contributed by atoms with E-state index in [0.29, 0.717) is 31.5 Å². The summed E-state index contributed by atoms with van der Waals surface area (Å²) in [6.45, 7) is 2.27. The van der Waals surface area contributed by atoms with Crippen LogP contribution in [-0.2, 0) is 11.2 Å². The normalized spacial score (nSPS) is 29.1. The maximum absolute atomic E-state index is 15.7. The van der Waals surface area contributed by atoms with Gasteiger partial charge in [-0.1, -0.05) is 18.2 Å². The number of aliphatic carboxylic acids is 1. The second-order valence-corrected chi connectivity index (χ2v) is 11.3. The summed E-state index contributed by atoms with van der Waals surface area (Å²) < 4.78 is 72.2. The van der Waals surface area contributed by atoms with Crippen LogP contribution in [0.4, 0.5) is 22.0 Å². The summed E-state index contributed by atoms with van der Waals surface area (Å²) in [4.78, 5) is 16.2. The average molecular weight is 531 g/mol. The number of hydrogen-bond donors (Lipinski definition) is 2. The van der Waals surface area contributed by atoms with E-state index in [1.165, 1.54) is 0 Å². The van der Waals surface area contributed by atoms with Crippen molar-refractivity contribution in [3.63, 3.8) is 0 Å². The number of fused-ring (bicyclic) bond motifs is 4. The second-order valence-electron chi connectivity index (χ2n) is 11.3. The highest BCUT2D eigenvalue weighted by Crippen LogP contribution is 2.66. The highest BCUT2D eigenvalue weighted by molar-refractivity contribution is 5.86. The Hall–Kier alpha value is -3.20. The molecule has 38 heavy (non-hydrogen) atoms. The van der Waals surface area contributed by atoms with Crippen molar-refractivity contribution in [3.05, 3.63) is 76.5 Å². The number of aromatic nitrogens is 1. The minimum absolute atomic E-state index is 0.0422. The van der Waals surface area contributed by atoms with Crippen LogP contribution in [-0.4, -0.2) is 39.7 Å². The van der Waals surface area contributed by atoms with Gasteiger partial charge in [-0.15, -0.1) is 0 Å². The van der Waals surface area contributed by atoms with Crippen LogP contribution in [0.3, 0.4) is 0 Å². The van der Waals surface area contributed by atoms with Crippen LogP contribution < -0.4 is 0 Å². The molecule has 4 aliphatic rings. The zero-order valence-electron chi connectivity index (χ0n) is 20.7. The van der Waals surface area contributed by atoms with Crippen molar-refractivity contribution < 1.29 is 31.9 Å². The molecule has 0 saturated heterocycles. The molecule has 3 fully saturated rings. The molecule has 3 aromatic rings. The number of carboxylic acids is 1. The number of halogens is 5. The fourth-order valence-electron chi connectivity index (χ4n) is 7.29. The van der Waals surface area contributed by atoms with Crippen molar-refractivity contribution in [2.75, 3.05) is 6.54 Å². The molecule has 3 atom stereocenters. The average Bonchev–Trinajstić information content (AvgIpc) is 3.49. The zero-order chi connectivity index (χ0) is 27.0. The van der Waals surface area contributed by atoms with E-state index in [0.717, 1.165) is 40.8 Å². The lowest BCUT2D eigenvalue weighted by molar-refractivity contribution is -0.180. The Morgan fingerprint density at radius 2 is 1.84 bits per heavy atom. The number of carboxylic acid groups (broad SMARTS) is 1. The third-order valence-corrected chi connectivity index (χ3v) is 8.86. The van der Waals surface area contributed by atoms with Crippen molar-refractivity contribution in [1.29, 1.82) is 0 Å². The van der Waals surface area contributed by atoms with Crippen LogP contribution in [0.15, 0.2) is 42.5 Å². The van der Waals surface area contributed by atoms with Crippen LogP contribution >= 0.6 is 0 Å². The van der Waals surface area contributed by atoms with Gasteiger partial charge in [-0.3, -0.25) is 4.90 Å². The van der Waals surface area contributed by atoms with Crippen molar-refractivity contribution in [3.8, 4) is 0 Å². The molecule has 0 amide bonds. The fraction of sp³-hybridized carbons (Fsp3) is 0.414. The van der Waals surface area contributed by atoms with Gasteiger partial charge < -0.3 is 10.1 Å². The first-order valence-corrected chi connectivity index (χ1v) is 12.8. The number of benzene rings is 2. The molecule has 3 saturated carbocycles. The van der Waals surface area contributed by atoms with Crippen LogP contribution in [0.2, 0.25) is 0 Å². The molecule has 0 spiro atoms. The third kappa shape index (κ3) is 4.02. The molecule has 1 unspecified atom stereocenters. The van der Waals surface area contributed by atoms with Gasteiger partial charge in [-0.25, -0.2) is 13.6 Å². The van der Waals surface area contributed by atoms with Gasteiger partial charge in [0.15, 0.2) is 0 Å². The van der Waals surface area contributed by atoms with Crippen LogP contribution in [0.1, 0.15) is 54.6 Å². The third-order valence-electron chi connectivity index (χ3n) is 8.86. The molecule has 9 heteroatoms. The quantitative estimate of drug-likeness (QED) is 0.280. The molecule has 2 heterocycles. The lowest BCUT2D eigenvalue weighted by Crippen LogP contribution is -2.50. The topological polar surface area (TPSA) is 56.3 Å².